The van der Waals surface area contributed by atoms with Crippen LogP contribution in [0, 0.1) is 5.92 Å². The number of fused-ring (bicyclic) bond motifs is 5. The van der Waals surface area contributed by atoms with E-state index in [1.165, 1.54) is 17.4 Å². The van der Waals surface area contributed by atoms with Crippen molar-refractivity contribution in [1.82, 2.24) is 10.2 Å². The molecule has 1 atom stereocenters. The molecule has 2 aromatic rings. The average molecular weight is 392 g/mol. The summed E-state index contributed by atoms with van der Waals surface area (Å²) in [6.07, 6.45) is 0.903. The molecule has 1 amide bonds. The molecule has 5 heterocycles. The van der Waals surface area contributed by atoms with Gasteiger partial charge in [0.2, 0.25) is 0 Å². The highest BCUT2D eigenvalue weighted by atomic mass is 32.1. The summed E-state index contributed by atoms with van der Waals surface area (Å²) in [5.41, 5.74) is 0.160. The van der Waals surface area contributed by atoms with Crippen molar-refractivity contribution in [2.24, 2.45) is 5.92 Å². The lowest BCUT2D eigenvalue weighted by molar-refractivity contribution is -0.286. The Morgan fingerprint density at radius 2 is 2.00 bits per heavy atom. The van der Waals surface area contributed by atoms with E-state index in [0.29, 0.717) is 20.9 Å². The first-order chi connectivity index (χ1) is 13.0. The van der Waals surface area contributed by atoms with Gasteiger partial charge in [-0.25, -0.2) is 0 Å². The maximum Gasteiger partial charge on any atom is 0.586 e. The van der Waals surface area contributed by atoms with Crippen molar-refractivity contribution in [2.45, 2.75) is 43.6 Å². The Morgan fingerprint density at radius 1 is 1.22 bits per heavy atom. The highest BCUT2D eigenvalue weighted by molar-refractivity contribution is 7.21. The molecule has 8 heteroatoms. The van der Waals surface area contributed by atoms with Gasteiger partial charge < -0.3 is 14.8 Å². The zero-order valence-corrected chi connectivity index (χ0v) is 15.3. The molecular weight excluding hydrogens is 374 g/mol. The van der Waals surface area contributed by atoms with Crippen LogP contribution in [-0.2, 0) is 0 Å². The molecule has 142 valence electrons. The Hall–Kier alpha value is -1.93. The number of carbonyl (C=O) groups is 1. The molecular formula is C19H18F2N2O3S. The number of alkyl halides is 2. The van der Waals surface area contributed by atoms with E-state index in [1.54, 1.807) is 12.1 Å². The van der Waals surface area contributed by atoms with E-state index in [-0.39, 0.29) is 29.0 Å². The van der Waals surface area contributed by atoms with E-state index in [4.69, 9.17) is 0 Å². The Labute approximate surface area is 158 Å². The minimum absolute atomic E-state index is 0.00984. The minimum atomic E-state index is -3.66. The SMILES string of the molecule is O=C(N[C@H]1C2CCN(CC2)C12CC2)c1cc2ccc3c(c2s1)OC(F)(F)O3. The van der Waals surface area contributed by atoms with Crippen LogP contribution in [0.5, 0.6) is 11.5 Å². The van der Waals surface area contributed by atoms with Gasteiger partial charge in [-0.15, -0.1) is 20.1 Å². The predicted molar refractivity (Wildman–Crippen MR) is 95.5 cm³/mol. The van der Waals surface area contributed by atoms with Crippen LogP contribution < -0.4 is 14.8 Å². The topological polar surface area (TPSA) is 50.8 Å². The van der Waals surface area contributed by atoms with Gasteiger partial charge in [-0.3, -0.25) is 9.69 Å². The number of nitrogens with one attached hydrogen (secondary N) is 1. The number of benzene rings is 1. The minimum Gasteiger partial charge on any atom is -0.395 e. The summed E-state index contributed by atoms with van der Waals surface area (Å²) in [6, 6.07) is 5.08. The highest BCUT2D eigenvalue weighted by Gasteiger charge is 2.60. The lowest BCUT2D eigenvalue weighted by Crippen LogP contribution is -2.65. The third kappa shape index (κ3) is 2.26. The number of piperidine rings is 3. The number of carbonyl (C=O) groups excluding carboxylic acids is 1. The van der Waals surface area contributed by atoms with Crippen LogP contribution in [0.3, 0.4) is 0 Å². The molecule has 4 aliphatic heterocycles. The lowest BCUT2D eigenvalue weighted by Gasteiger charge is -2.52. The number of nitrogens with zero attached hydrogens (tertiary/aromatic N) is 1. The fraction of sp³-hybridized carbons (Fsp3) is 0.526. The van der Waals surface area contributed by atoms with Gasteiger partial charge in [-0.05, 0) is 68.3 Å². The maximum atomic E-state index is 13.4. The van der Waals surface area contributed by atoms with Crippen LogP contribution >= 0.6 is 11.3 Å². The number of ether oxygens (including phenoxy) is 2. The second kappa shape index (κ2) is 5.11. The molecule has 0 radical (unpaired) electrons. The van der Waals surface area contributed by atoms with Crippen molar-refractivity contribution < 1.29 is 23.0 Å². The van der Waals surface area contributed by atoms with Gasteiger partial charge in [-0.2, -0.15) is 0 Å². The Balaban J connectivity index is 1.31. The van der Waals surface area contributed by atoms with Crippen LogP contribution in [0.15, 0.2) is 18.2 Å². The van der Waals surface area contributed by atoms with Crippen molar-refractivity contribution in [3.63, 3.8) is 0 Å². The standard InChI is InChI=1S/C19H18F2N2O3S/c20-19(21)25-12-2-1-11-9-13(27-15(11)14(12)26-19)17(24)22-16-10-3-7-23(8-4-10)18(16)5-6-18/h1-2,9-10,16H,3-8H2,(H,22,24)/t16-/m0/s1. The largest absolute Gasteiger partial charge is 0.586 e. The molecule has 1 aliphatic carbocycles. The van der Waals surface area contributed by atoms with Crippen LogP contribution in [-0.4, -0.2) is 41.8 Å². The van der Waals surface area contributed by atoms with Gasteiger partial charge in [0, 0.05) is 5.54 Å². The summed E-state index contributed by atoms with van der Waals surface area (Å²) >= 11 is 1.18. The predicted octanol–water partition coefficient (Wildman–Crippen LogP) is 3.58. The van der Waals surface area contributed by atoms with E-state index in [2.05, 4.69) is 19.7 Å². The molecule has 1 spiro atoms. The summed E-state index contributed by atoms with van der Waals surface area (Å²) in [5.74, 6) is 0.440. The number of rotatable bonds is 2. The third-order valence-corrected chi connectivity index (χ3v) is 7.70. The van der Waals surface area contributed by atoms with E-state index in [9.17, 15) is 13.6 Å². The normalized spacial score (nSPS) is 31.4. The Morgan fingerprint density at radius 3 is 2.74 bits per heavy atom. The van der Waals surface area contributed by atoms with Gasteiger partial charge in [0.05, 0.1) is 15.6 Å². The number of thiophene rings is 1. The number of amides is 1. The first-order valence-electron chi connectivity index (χ1n) is 9.34. The second-order valence-electron chi connectivity index (χ2n) is 7.97. The molecule has 4 fully saturated rings. The summed E-state index contributed by atoms with van der Waals surface area (Å²) < 4.78 is 36.5. The highest BCUT2D eigenvalue weighted by Crippen LogP contribution is 2.54. The van der Waals surface area contributed by atoms with Gasteiger partial charge in [-0.1, -0.05) is 0 Å². The second-order valence-corrected chi connectivity index (χ2v) is 9.02. The summed E-state index contributed by atoms with van der Waals surface area (Å²) in [6.45, 7) is 2.27. The number of hydrogen-bond donors (Lipinski definition) is 1. The molecule has 5 nitrogen and oxygen atoms in total. The van der Waals surface area contributed by atoms with Crippen molar-refractivity contribution in [2.75, 3.05) is 13.1 Å². The molecule has 27 heavy (non-hydrogen) atoms. The molecule has 1 saturated carbocycles. The van der Waals surface area contributed by atoms with Crippen molar-refractivity contribution in [1.29, 1.82) is 0 Å². The van der Waals surface area contributed by atoms with E-state index in [0.717, 1.165) is 38.8 Å². The first-order valence-corrected chi connectivity index (χ1v) is 10.2. The maximum absolute atomic E-state index is 13.4. The molecule has 5 aliphatic rings. The van der Waals surface area contributed by atoms with Crippen LogP contribution in [0.25, 0.3) is 10.1 Å². The van der Waals surface area contributed by atoms with Crippen LogP contribution in [0.1, 0.15) is 35.4 Å². The van der Waals surface area contributed by atoms with Crippen molar-refractivity contribution in [3.05, 3.63) is 23.1 Å². The quantitative estimate of drug-likeness (QED) is 0.849. The van der Waals surface area contributed by atoms with Crippen LogP contribution in [0.2, 0.25) is 0 Å². The summed E-state index contributed by atoms with van der Waals surface area (Å²) in [4.78, 5) is 16.0. The Bertz CT molecular complexity index is 963. The Kier molecular flexibility index (Phi) is 3.04. The third-order valence-electron chi connectivity index (χ3n) is 6.55. The first kappa shape index (κ1) is 16.1. The van der Waals surface area contributed by atoms with Gasteiger partial charge in [0.15, 0.2) is 11.5 Å². The van der Waals surface area contributed by atoms with Gasteiger partial charge in [0.25, 0.3) is 5.91 Å². The zero-order chi connectivity index (χ0) is 18.4. The van der Waals surface area contributed by atoms with E-state index >= 15 is 0 Å². The molecule has 7 rings (SSSR count). The van der Waals surface area contributed by atoms with Crippen molar-refractivity contribution >= 4 is 27.3 Å². The fourth-order valence-corrected chi connectivity index (χ4v) is 6.19. The molecule has 1 aromatic carbocycles. The molecule has 3 saturated heterocycles. The summed E-state index contributed by atoms with van der Waals surface area (Å²) in [5, 5.41) is 3.98. The lowest BCUT2D eigenvalue weighted by atomic mass is 9.77. The van der Waals surface area contributed by atoms with E-state index < -0.39 is 6.29 Å². The molecule has 1 aromatic heterocycles. The average Bonchev–Trinajstić information content (AvgIpc) is 3.16. The fourth-order valence-electron chi connectivity index (χ4n) is 5.15. The molecule has 2 bridgehead atoms. The van der Waals surface area contributed by atoms with Crippen molar-refractivity contribution in [3.8, 4) is 11.5 Å². The van der Waals surface area contributed by atoms with Crippen LogP contribution in [0.4, 0.5) is 8.78 Å². The van der Waals surface area contributed by atoms with Gasteiger partial charge >= 0.3 is 6.29 Å². The molecule has 0 unspecified atom stereocenters. The molecule has 1 N–H and O–H groups in total. The zero-order valence-electron chi connectivity index (χ0n) is 14.5. The monoisotopic (exact) mass is 392 g/mol. The van der Waals surface area contributed by atoms with Gasteiger partial charge in [0.1, 0.15) is 0 Å². The smallest absolute Gasteiger partial charge is 0.395 e. The number of hydrogen-bond acceptors (Lipinski definition) is 5. The van der Waals surface area contributed by atoms with E-state index in [1.807, 2.05) is 0 Å². The summed E-state index contributed by atoms with van der Waals surface area (Å²) in [7, 11) is 0. The number of halogens is 2.